The minimum Gasteiger partial charge on any atom is -0.481 e. The van der Waals surface area contributed by atoms with Gasteiger partial charge in [0.05, 0.1) is 4.90 Å². The number of nitrogens with one attached hydrogen (secondary N) is 1. The van der Waals surface area contributed by atoms with Crippen LogP contribution in [0.2, 0.25) is 0 Å². The minimum atomic E-state index is -4.01. The van der Waals surface area contributed by atoms with Crippen molar-refractivity contribution in [1.82, 2.24) is 4.72 Å². The first kappa shape index (κ1) is 16.1. The van der Waals surface area contributed by atoms with Gasteiger partial charge in [-0.15, -0.1) is 0 Å². The lowest BCUT2D eigenvalue weighted by atomic mass is 10.2. The van der Waals surface area contributed by atoms with Gasteiger partial charge in [0.2, 0.25) is 10.0 Å². The summed E-state index contributed by atoms with van der Waals surface area (Å²) in [5.74, 6) is -2.60. The smallest absolute Gasteiger partial charge is 0.321 e. The molecule has 3 N–H and O–H groups in total. The van der Waals surface area contributed by atoms with E-state index in [0.29, 0.717) is 5.56 Å². The Bertz CT molecular complexity index is 610. The Morgan fingerprint density at radius 3 is 2.35 bits per heavy atom. The van der Waals surface area contributed by atoms with E-state index in [4.69, 9.17) is 10.2 Å². The molecule has 0 spiro atoms. The molecule has 110 valence electrons. The van der Waals surface area contributed by atoms with Crippen molar-refractivity contribution in [3.05, 3.63) is 29.8 Å². The Hall–Kier alpha value is -1.93. The number of benzene rings is 1. The minimum absolute atomic E-state index is 0.0263. The maximum absolute atomic E-state index is 12.1. The molecule has 1 aromatic rings. The first-order valence-electron chi connectivity index (χ1n) is 5.76. The van der Waals surface area contributed by atoms with Crippen LogP contribution in [0, 0.1) is 6.92 Å². The fourth-order valence-electron chi connectivity index (χ4n) is 1.61. The molecule has 0 fully saturated rings. The third-order valence-electron chi connectivity index (χ3n) is 2.63. The van der Waals surface area contributed by atoms with Crippen molar-refractivity contribution in [2.75, 3.05) is 0 Å². The van der Waals surface area contributed by atoms with Gasteiger partial charge in [-0.1, -0.05) is 18.2 Å². The number of aryl methyl sites for hydroxylation is 1. The molecule has 0 amide bonds. The summed E-state index contributed by atoms with van der Waals surface area (Å²) in [6, 6.07) is 4.65. The van der Waals surface area contributed by atoms with Gasteiger partial charge in [-0.3, -0.25) is 9.59 Å². The second-order valence-corrected chi connectivity index (χ2v) is 5.89. The van der Waals surface area contributed by atoms with Crippen LogP contribution in [0.3, 0.4) is 0 Å². The van der Waals surface area contributed by atoms with Crippen molar-refractivity contribution in [3.63, 3.8) is 0 Å². The highest BCUT2D eigenvalue weighted by Crippen LogP contribution is 2.15. The second-order valence-electron chi connectivity index (χ2n) is 4.21. The number of hydrogen-bond donors (Lipinski definition) is 3. The van der Waals surface area contributed by atoms with Gasteiger partial charge in [0.15, 0.2) is 0 Å². The van der Waals surface area contributed by atoms with Gasteiger partial charge in [0.25, 0.3) is 0 Å². The van der Waals surface area contributed by atoms with Crippen molar-refractivity contribution < 1.29 is 28.2 Å². The molecule has 1 aromatic carbocycles. The molecule has 1 rings (SSSR count). The van der Waals surface area contributed by atoms with Crippen molar-refractivity contribution in [3.8, 4) is 0 Å². The first-order valence-corrected chi connectivity index (χ1v) is 7.25. The topological polar surface area (TPSA) is 121 Å². The van der Waals surface area contributed by atoms with Gasteiger partial charge in [-0.25, -0.2) is 8.42 Å². The Kier molecular flexibility index (Phi) is 5.23. The van der Waals surface area contributed by atoms with E-state index in [9.17, 15) is 18.0 Å². The number of carboxylic acid groups (broad SMARTS) is 2. The molecule has 1 atom stereocenters. The van der Waals surface area contributed by atoms with Gasteiger partial charge in [-0.05, 0) is 25.0 Å². The lowest BCUT2D eigenvalue weighted by molar-refractivity contribution is -0.140. The highest BCUT2D eigenvalue weighted by atomic mass is 32.2. The normalized spacial score (nSPS) is 12.8. The van der Waals surface area contributed by atoms with Crippen LogP contribution in [0.1, 0.15) is 18.4 Å². The van der Waals surface area contributed by atoms with Crippen molar-refractivity contribution in [2.45, 2.75) is 30.7 Å². The van der Waals surface area contributed by atoms with Gasteiger partial charge in [-0.2, -0.15) is 4.72 Å². The molecule has 0 aliphatic heterocycles. The van der Waals surface area contributed by atoms with E-state index in [1.165, 1.54) is 12.1 Å². The van der Waals surface area contributed by atoms with E-state index in [-0.39, 0.29) is 11.3 Å². The molecule has 7 nitrogen and oxygen atoms in total. The Labute approximate surface area is 116 Å². The Balaban J connectivity index is 2.95. The quantitative estimate of drug-likeness (QED) is 0.678. The number of carboxylic acids is 2. The van der Waals surface area contributed by atoms with Crippen molar-refractivity contribution >= 4 is 22.0 Å². The average Bonchev–Trinajstić information content (AvgIpc) is 2.34. The SMILES string of the molecule is Cc1ccccc1S(=O)(=O)N[C@@H](CCC(=O)O)C(=O)O. The highest BCUT2D eigenvalue weighted by Gasteiger charge is 2.26. The summed E-state index contributed by atoms with van der Waals surface area (Å²) in [4.78, 5) is 21.4. The average molecular weight is 301 g/mol. The van der Waals surface area contributed by atoms with Gasteiger partial charge < -0.3 is 10.2 Å². The van der Waals surface area contributed by atoms with E-state index in [1.54, 1.807) is 19.1 Å². The van der Waals surface area contributed by atoms with Crippen LogP contribution in [0.15, 0.2) is 29.2 Å². The fourth-order valence-corrected chi connectivity index (χ4v) is 3.08. The summed E-state index contributed by atoms with van der Waals surface area (Å²) in [5.41, 5.74) is 0.474. The summed E-state index contributed by atoms with van der Waals surface area (Å²) in [5, 5.41) is 17.5. The summed E-state index contributed by atoms with van der Waals surface area (Å²) in [6.07, 6.45) is -0.761. The van der Waals surface area contributed by atoms with Crippen LogP contribution in [-0.4, -0.2) is 36.6 Å². The van der Waals surface area contributed by atoms with Gasteiger partial charge in [0.1, 0.15) is 6.04 Å². The zero-order valence-electron chi connectivity index (χ0n) is 10.7. The van der Waals surface area contributed by atoms with E-state index >= 15 is 0 Å². The monoisotopic (exact) mass is 301 g/mol. The van der Waals surface area contributed by atoms with Gasteiger partial charge >= 0.3 is 11.9 Å². The maximum Gasteiger partial charge on any atom is 0.321 e. The van der Waals surface area contributed by atoms with Crippen LogP contribution in [0.4, 0.5) is 0 Å². The van der Waals surface area contributed by atoms with Crippen LogP contribution in [-0.2, 0) is 19.6 Å². The summed E-state index contributed by atoms with van der Waals surface area (Å²) < 4.78 is 26.2. The molecule has 20 heavy (non-hydrogen) atoms. The van der Waals surface area contributed by atoms with Crippen LogP contribution in [0.25, 0.3) is 0 Å². The molecule has 0 bridgehead atoms. The number of rotatable bonds is 7. The maximum atomic E-state index is 12.1. The molecule has 0 aromatic heterocycles. The molecule has 0 aliphatic rings. The second kappa shape index (κ2) is 6.49. The molecule has 0 unspecified atom stereocenters. The largest absolute Gasteiger partial charge is 0.481 e. The third-order valence-corrected chi connectivity index (χ3v) is 4.26. The summed E-state index contributed by atoms with van der Waals surface area (Å²) in [7, 11) is -4.01. The lowest BCUT2D eigenvalue weighted by Gasteiger charge is -2.15. The van der Waals surface area contributed by atoms with Crippen LogP contribution < -0.4 is 4.72 Å². The first-order chi connectivity index (χ1) is 9.24. The van der Waals surface area contributed by atoms with Crippen LogP contribution in [0.5, 0.6) is 0 Å². The number of hydrogen-bond acceptors (Lipinski definition) is 4. The molecule has 0 heterocycles. The number of sulfonamides is 1. The summed E-state index contributed by atoms with van der Waals surface area (Å²) in [6.45, 7) is 1.58. The molecule has 0 radical (unpaired) electrons. The molecule has 8 heteroatoms. The van der Waals surface area contributed by atoms with Gasteiger partial charge in [0, 0.05) is 6.42 Å². The predicted octanol–water partition coefficient (Wildman–Crippen LogP) is 0.591. The number of aliphatic carboxylic acids is 2. The van der Waals surface area contributed by atoms with E-state index in [0.717, 1.165) is 0 Å². The summed E-state index contributed by atoms with van der Waals surface area (Å²) >= 11 is 0. The fraction of sp³-hybridized carbons (Fsp3) is 0.333. The number of carbonyl (C=O) groups is 2. The molecule has 0 aliphatic carbocycles. The van der Waals surface area contributed by atoms with Crippen molar-refractivity contribution in [1.29, 1.82) is 0 Å². The predicted molar refractivity (Wildman–Crippen MR) is 69.8 cm³/mol. The molecular weight excluding hydrogens is 286 g/mol. The molecule has 0 saturated heterocycles. The van der Waals surface area contributed by atoms with E-state index in [2.05, 4.69) is 0 Å². The highest BCUT2D eigenvalue weighted by molar-refractivity contribution is 7.89. The zero-order chi connectivity index (χ0) is 15.3. The Morgan fingerprint density at radius 1 is 1.25 bits per heavy atom. The van der Waals surface area contributed by atoms with E-state index < -0.39 is 34.4 Å². The zero-order valence-corrected chi connectivity index (χ0v) is 11.6. The van der Waals surface area contributed by atoms with Crippen LogP contribution >= 0.6 is 0 Å². The standard InChI is InChI=1S/C12H15NO6S/c1-8-4-2-3-5-10(8)20(18,19)13-9(12(16)17)6-7-11(14)15/h2-5,9,13H,6-7H2,1H3,(H,14,15)(H,16,17)/t9-/m0/s1. The molecule has 0 saturated carbocycles. The third kappa shape index (κ3) is 4.32. The Morgan fingerprint density at radius 2 is 1.85 bits per heavy atom. The lowest BCUT2D eigenvalue weighted by Crippen LogP contribution is -2.41. The van der Waals surface area contributed by atoms with Crippen molar-refractivity contribution in [2.24, 2.45) is 0 Å². The van der Waals surface area contributed by atoms with E-state index in [1.807, 2.05) is 4.72 Å². The molecular formula is C12H15NO6S.